The fraction of sp³-hybridized carbons (Fsp3) is 0.0286. The molecule has 6 rings (SSSR count). The molecule has 1 atom stereocenters. The molecule has 0 saturated carbocycles. The maximum atomic E-state index is 6.92. The van der Waals surface area contributed by atoms with Gasteiger partial charge < -0.3 is 4.43 Å². The van der Waals surface area contributed by atoms with Crippen LogP contribution in [-0.4, -0.2) is 15.4 Å². The Morgan fingerprint density at radius 1 is 0.474 bits per heavy atom. The standard InChI is InChI=1S/C35H29OPSi/c1-36-38(31-22-9-4-10-23-31,34-27-15-17-28-16-11-12-24-32(28)34)35-26-14-13-25-33(35)37(29-18-5-2-6-19-29)30-20-7-3-8-21-30/h2-27H,1H3. The zero-order valence-corrected chi connectivity index (χ0v) is 23.3. The maximum absolute atomic E-state index is 6.92. The van der Waals surface area contributed by atoms with Crippen molar-refractivity contribution in [3.05, 3.63) is 158 Å². The molecule has 0 bridgehead atoms. The summed E-state index contributed by atoms with van der Waals surface area (Å²) in [6.45, 7) is 0. The van der Waals surface area contributed by atoms with Crippen molar-refractivity contribution in [1.82, 2.24) is 0 Å². The van der Waals surface area contributed by atoms with E-state index in [0.717, 1.165) is 0 Å². The molecule has 3 heteroatoms. The second-order valence-electron chi connectivity index (χ2n) is 9.30. The summed E-state index contributed by atoms with van der Waals surface area (Å²) < 4.78 is 6.92. The average molecular weight is 525 g/mol. The Bertz CT molecular complexity index is 1610. The Morgan fingerprint density at radius 3 is 1.63 bits per heavy atom. The van der Waals surface area contributed by atoms with Crippen molar-refractivity contribution in [3.63, 3.8) is 0 Å². The number of benzene rings is 6. The topological polar surface area (TPSA) is 9.23 Å². The molecule has 6 aromatic carbocycles. The summed E-state index contributed by atoms with van der Waals surface area (Å²) in [6, 6.07) is 57.1. The van der Waals surface area contributed by atoms with E-state index in [1.807, 2.05) is 7.11 Å². The zero-order chi connectivity index (χ0) is 25.8. The van der Waals surface area contributed by atoms with E-state index in [1.54, 1.807) is 0 Å². The second kappa shape index (κ2) is 10.9. The van der Waals surface area contributed by atoms with Crippen LogP contribution < -0.4 is 31.5 Å². The molecule has 1 nitrogen and oxygen atoms in total. The molecule has 0 heterocycles. The van der Waals surface area contributed by atoms with E-state index in [2.05, 4.69) is 158 Å². The Labute approximate surface area is 227 Å². The lowest BCUT2D eigenvalue weighted by atomic mass is 10.1. The smallest absolute Gasteiger partial charge is 0.289 e. The zero-order valence-electron chi connectivity index (χ0n) is 21.4. The van der Waals surface area contributed by atoms with Crippen molar-refractivity contribution in [2.45, 2.75) is 0 Å². The first-order chi connectivity index (χ1) is 18.8. The van der Waals surface area contributed by atoms with Gasteiger partial charge in [-0.15, -0.1) is 0 Å². The molecule has 0 aromatic heterocycles. The number of hydrogen-bond donors (Lipinski definition) is 0. The van der Waals surface area contributed by atoms with Crippen LogP contribution in [0.25, 0.3) is 10.8 Å². The molecule has 38 heavy (non-hydrogen) atoms. The predicted molar refractivity (Wildman–Crippen MR) is 167 cm³/mol. The lowest BCUT2D eigenvalue weighted by molar-refractivity contribution is 0.427. The lowest BCUT2D eigenvalue weighted by Gasteiger charge is -2.35. The fourth-order valence-electron chi connectivity index (χ4n) is 5.55. The van der Waals surface area contributed by atoms with Crippen LogP contribution in [0.5, 0.6) is 0 Å². The lowest BCUT2D eigenvalue weighted by Crippen LogP contribution is -2.72. The monoisotopic (exact) mass is 524 g/mol. The molecule has 6 aromatic rings. The molecule has 0 aliphatic rings. The van der Waals surface area contributed by atoms with Gasteiger partial charge in [-0.05, 0) is 50.2 Å². The highest BCUT2D eigenvalue weighted by Gasteiger charge is 2.44. The van der Waals surface area contributed by atoms with Crippen molar-refractivity contribution < 1.29 is 4.43 Å². The summed E-state index contributed by atoms with van der Waals surface area (Å²) in [5.41, 5.74) is 0. The van der Waals surface area contributed by atoms with Crippen LogP contribution in [0.4, 0.5) is 0 Å². The van der Waals surface area contributed by atoms with Gasteiger partial charge in [0.2, 0.25) is 0 Å². The molecule has 0 fully saturated rings. The third-order valence-electron chi connectivity index (χ3n) is 7.21. The molecule has 0 aliphatic heterocycles. The number of rotatable bonds is 7. The first kappa shape index (κ1) is 24.5. The van der Waals surface area contributed by atoms with E-state index >= 15 is 0 Å². The highest BCUT2D eigenvalue weighted by atomic mass is 31.1. The van der Waals surface area contributed by atoms with Gasteiger partial charge in [-0.25, -0.2) is 0 Å². The van der Waals surface area contributed by atoms with Gasteiger partial charge in [-0.2, -0.15) is 0 Å². The van der Waals surface area contributed by atoms with Crippen LogP contribution in [0.15, 0.2) is 158 Å². The van der Waals surface area contributed by atoms with Crippen LogP contribution in [0.3, 0.4) is 0 Å². The van der Waals surface area contributed by atoms with Gasteiger partial charge in [0.05, 0.1) is 0 Å². The Hall–Kier alpha value is -3.81. The highest BCUT2D eigenvalue weighted by Crippen LogP contribution is 2.33. The molecule has 0 spiro atoms. The Balaban J connectivity index is 1.71. The number of fused-ring (bicyclic) bond motifs is 1. The predicted octanol–water partition coefficient (Wildman–Crippen LogP) is 5.21. The molecule has 0 saturated heterocycles. The van der Waals surface area contributed by atoms with Gasteiger partial charge in [0.25, 0.3) is 8.32 Å². The van der Waals surface area contributed by atoms with Crippen molar-refractivity contribution >= 4 is 58.5 Å². The first-order valence-corrected chi connectivity index (χ1v) is 16.2. The van der Waals surface area contributed by atoms with Crippen molar-refractivity contribution in [3.8, 4) is 0 Å². The van der Waals surface area contributed by atoms with Crippen molar-refractivity contribution in [1.29, 1.82) is 0 Å². The van der Waals surface area contributed by atoms with Crippen molar-refractivity contribution in [2.24, 2.45) is 0 Å². The summed E-state index contributed by atoms with van der Waals surface area (Å²) in [5.74, 6) is 0. The Morgan fingerprint density at radius 2 is 0.974 bits per heavy atom. The average Bonchev–Trinajstić information content (AvgIpc) is 3.00. The summed E-state index contributed by atoms with van der Waals surface area (Å²) in [5, 5.41) is 10.4. The molecule has 1 unspecified atom stereocenters. The van der Waals surface area contributed by atoms with Gasteiger partial charge in [0.1, 0.15) is 0 Å². The third kappa shape index (κ3) is 4.31. The summed E-state index contributed by atoms with van der Waals surface area (Å²) >= 11 is 0. The summed E-state index contributed by atoms with van der Waals surface area (Å²) in [6.07, 6.45) is 0. The SMILES string of the molecule is CO[Si](c1ccccc1)(c1ccccc1P(c1ccccc1)c1ccccc1)c1cccc2ccccc12. The second-order valence-corrected chi connectivity index (χ2v) is 14.9. The first-order valence-electron chi connectivity index (χ1n) is 12.9. The summed E-state index contributed by atoms with van der Waals surface area (Å²) in [4.78, 5) is 0. The van der Waals surface area contributed by atoms with E-state index in [-0.39, 0.29) is 0 Å². The maximum Gasteiger partial charge on any atom is 0.289 e. The highest BCUT2D eigenvalue weighted by molar-refractivity contribution is 7.80. The van der Waals surface area contributed by atoms with Crippen molar-refractivity contribution in [2.75, 3.05) is 7.11 Å². The van der Waals surface area contributed by atoms with E-state index in [9.17, 15) is 0 Å². The minimum atomic E-state index is -2.92. The van der Waals surface area contributed by atoms with Crippen LogP contribution in [0.2, 0.25) is 0 Å². The third-order valence-corrected chi connectivity index (χ3v) is 14.1. The Kier molecular flexibility index (Phi) is 7.03. The van der Waals surface area contributed by atoms with Crippen LogP contribution in [-0.2, 0) is 4.43 Å². The van der Waals surface area contributed by atoms with E-state index in [0.29, 0.717) is 0 Å². The van der Waals surface area contributed by atoms with Crippen LogP contribution in [0, 0.1) is 0 Å². The van der Waals surface area contributed by atoms with Gasteiger partial charge in [0, 0.05) is 7.11 Å². The van der Waals surface area contributed by atoms with Crippen LogP contribution >= 0.6 is 7.92 Å². The van der Waals surface area contributed by atoms with Gasteiger partial charge in [-0.3, -0.25) is 0 Å². The quantitative estimate of drug-likeness (QED) is 0.158. The van der Waals surface area contributed by atoms with E-state index < -0.39 is 16.2 Å². The largest absolute Gasteiger partial charge is 0.408 e. The minimum absolute atomic E-state index is 0.806. The molecule has 0 amide bonds. The number of hydrogen-bond acceptors (Lipinski definition) is 1. The molecular weight excluding hydrogens is 495 g/mol. The fourth-order valence-corrected chi connectivity index (χ4v) is 12.7. The van der Waals surface area contributed by atoms with Gasteiger partial charge >= 0.3 is 0 Å². The summed E-state index contributed by atoms with van der Waals surface area (Å²) in [7, 11) is -1.82. The molecule has 0 N–H and O–H groups in total. The molecular formula is C35H29OPSi. The molecule has 184 valence electrons. The van der Waals surface area contributed by atoms with Gasteiger partial charge in [-0.1, -0.05) is 158 Å². The normalized spacial score (nSPS) is 12.9. The van der Waals surface area contributed by atoms with Crippen LogP contribution in [0.1, 0.15) is 0 Å². The molecule has 0 aliphatic carbocycles. The minimum Gasteiger partial charge on any atom is -0.408 e. The van der Waals surface area contributed by atoms with E-state index in [4.69, 9.17) is 4.43 Å². The molecule has 0 radical (unpaired) electrons. The van der Waals surface area contributed by atoms with Gasteiger partial charge in [0.15, 0.2) is 0 Å². The van der Waals surface area contributed by atoms with E-state index in [1.165, 1.54) is 42.2 Å².